The Hall–Kier alpha value is -2.11. The second-order valence-corrected chi connectivity index (χ2v) is 10.7. The van der Waals surface area contributed by atoms with E-state index in [4.69, 9.17) is 16.3 Å². The van der Waals surface area contributed by atoms with E-state index in [9.17, 15) is 18.8 Å². The Bertz CT molecular complexity index is 1050. The second-order valence-electron chi connectivity index (χ2n) is 8.28. The van der Waals surface area contributed by atoms with Crippen molar-refractivity contribution >= 4 is 21.4 Å². The van der Waals surface area contributed by atoms with Crippen molar-refractivity contribution in [3.8, 4) is 11.8 Å². The molecule has 1 heterocycles. The standard InChI is InChI=1S/C23H27ClN2O4S/c1-16-11-26(12-19(14-27)18-7-17(10-25)8-21(24)9-18)13-20(16)15-30-22-3-5-23(6-4-22)31(2,28)29/h3-9,16,19-20,27H,11-15H2,1-2H3/t16-,19?,20+/m1/s1. The van der Waals surface area contributed by atoms with E-state index < -0.39 is 9.84 Å². The molecule has 6 nitrogen and oxygen atoms in total. The predicted molar refractivity (Wildman–Crippen MR) is 120 cm³/mol. The fourth-order valence-electron chi connectivity index (χ4n) is 3.99. The van der Waals surface area contributed by atoms with Gasteiger partial charge in [0.1, 0.15) is 5.75 Å². The lowest BCUT2D eigenvalue weighted by Gasteiger charge is -2.23. The summed E-state index contributed by atoms with van der Waals surface area (Å²) in [6.45, 7) is 5.10. The van der Waals surface area contributed by atoms with E-state index >= 15 is 0 Å². The zero-order valence-corrected chi connectivity index (χ0v) is 19.2. The highest BCUT2D eigenvalue weighted by Crippen LogP contribution is 2.28. The van der Waals surface area contributed by atoms with E-state index in [1.807, 2.05) is 6.07 Å². The Morgan fingerprint density at radius 1 is 1.26 bits per heavy atom. The van der Waals surface area contributed by atoms with E-state index in [2.05, 4.69) is 17.9 Å². The Labute approximate surface area is 188 Å². The van der Waals surface area contributed by atoms with Gasteiger partial charge in [-0.25, -0.2) is 8.42 Å². The van der Waals surface area contributed by atoms with Gasteiger partial charge in [-0.1, -0.05) is 18.5 Å². The zero-order valence-electron chi connectivity index (χ0n) is 17.7. The van der Waals surface area contributed by atoms with Crippen LogP contribution in [0.25, 0.3) is 0 Å². The highest BCUT2D eigenvalue weighted by molar-refractivity contribution is 7.90. The Balaban J connectivity index is 1.59. The fourth-order valence-corrected chi connectivity index (χ4v) is 4.86. The highest BCUT2D eigenvalue weighted by atomic mass is 35.5. The van der Waals surface area contributed by atoms with Crippen molar-refractivity contribution in [1.82, 2.24) is 4.90 Å². The Morgan fingerprint density at radius 3 is 2.58 bits per heavy atom. The molecule has 2 aromatic rings. The first kappa shape index (κ1) is 23.6. The molecule has 1 unspecified atom stereocenters. The zero-order chi connectivity index (χ0) is 22.6. The number of benzene rings is 2. The summed E-state index contributed by atoms with van der Waals surface area (Å²) < 4.78 is 29.1. The van der Waals surface area contributed by atoms with E-state index in [0.717, 1.165) is 18.7 Å². The van der Waals surface area contributed by atoms with Crippen molar-refractivity contribution in [1.29, 1.82) is 5.26 Å². The summed E-state index contributed by atoms with van der Waals surface area (Å²) in [4.78, 5) is 2.58. The maximum atomic E-state index is 11.6. The molecule has 2 aromatic carbocycles. The summed E-state index contributed by atoms with van der Waals surface area (Å²) in [5.41, 5.74) is 1.36. The van der Waals surface area contributed by atoms with Gasteiger partial charge in [-0.3, -0.25) is 0 Å². The number of rotatable bonds is 8. The quantitative estimate of drug-likeness (QED) is 0.647. The first-order chi connectivity index (χ1) is 14.7. The molecule has 0 bridgehead atoms. The molecule has 0 aliphatic carbocycles. The number of nitrogens with zero attached hydrogens (tertiary/aromatic N) is 2. The van der Waals surface area contributed by atoms with Crippen LogP contribution in [0.4, 0.5) is 0 Å². The molecule has 1 fully saturated rings. The van der Waals surface area contributed by atoms with Gasteiger partial charge in [0.2, 0.25) is 0 Å². The van der Waals surface area contributed by atoms with Crippen molar-refractivity contribution in [2.75, 3.05) is 39.1 Å². The molecular weight excluding hydrogens is 436 g/mol. The molecule has 1 N–H and O–H groups in total. The number of hydrogen-bond donors (Lipinski definition) is 1. The van der Waals surface area contributed by atoms with Crippen molar-refractivity contribution < 1.29 is 18.3 Å². The number of halogens is 1. The lowest BCUT2D eigenvalue weighted by atomic mass is 9.97. The summed E-state index contributed by atoms with van der Waals surface area (Å²) in [5.74, 6) is 1.27. The lowest BCUT2D eigenvalue weighted by Crippen LogP contribution is -2.29. The van der Waals surface area contributed by atoms with Crippen LogP contribution < -0.4 is 4.74 Å². The highest BCUT2D eigenvalue weighted by Gasteiger charge is 2.31. The van der Waals surface area contributed by atoms with Crippen LogP contribution in [-0.4, -0.2) is 57.5 Å². The molecule has 1 saturated heterocycles. The average Bonchev–Trinajstić information content (AvgIpc) is 3.08. The van der Waals surface area contributed by atoms with E-state index in [1.165, 1.54) is 6.26 Å². The van der Waals surface area contributed by atoms with Crippen LogP contribution in [0.5, 0.6) is 5.75 Å². The van der Waals surface area contributed by atoms with Crippen LogP contribution in [0.1, 0.15) is 24.0 Å². The fraction of sp³-hybridized carbons (Fsp3) is 0.435. The number of sulfone groups is 1. The smallest absolute Gasteiger partial charge is 0.175 e. The summed E-state index contributed by atoms with van der Waals surface area (Å²) in [6, 6.07) is 13.8. The minimum Gasteiger partial charge on any atom is -0.493 e. The monoisotopic (exact) mass is 462 g/mol. The topological polar surface area (TPSA) is 90.6 Å². The van der Waals surface area contributed by atoms with Gasteiger partial charge in [0.15, 0.2) is 9.84 Å². The third-order valence-electron chi connectivity index (χ3n) is 5.78. The van der Waals surface area contributed by atoms with Crippen molar-refractivity contribution in [2.24, 2.45) is 11.8 Å². The minimum absolute atomic E-state index is 0.0239. The maximum Gasteiger partial charge on any atom is 0.175 e. The molecule has 8 heteroatoms. The summed E-state index contributed by atoms with van der Waals surface area (Å²) >= 11 is 6.13. The first-order valence-electron chi connectivity index (χ1n) is 10.2. The number of likely N-dealkylation sites (tertiary alicyclic amines) is 1. The number of ether oxygens (including phenoxy) is 1. The van der Waals surface area contributed by atoms with Crippen LogP contribution in [0, 0.1) is 23.2 Å². The van der Waals surface area contributed by atoms with Crippen molar-refractivity contribution in [2.45, 2.75) is 17.7 Å². The molecule has 31 heavy (non-hydrogen) atoms. The van der Waals surface area contributed by atoms with Crippen LogP contribution in [0.15, 0.2) is 47.4 Å². The number of aliphatic hydroxyl groups excluding tert-OH is 1. The molecule has 3 rings (SSSR count). The molecule has 1 aliphatic heterocycles. The third kappa shape index (κ3) is 6.20. The molecule has 1 aliphatic rings. The molecule has 0 spiro atoms. The van der Waals surface area contributed by atoms with Gasteiger partial charge in [-0.15, -0.1) is 0 Å². The van der Waals surface area contributed by atoms with E-state index in [1.54, 1.807) is 36.4 Å². The Morgan fingerprint density at radius 2 is 1.97 bits per heavy atom. The van der Waals surface area contributed by atoms with Gasteiger partial charge >= 0.3 is 0 Å². The van der Waals surface area contributed by atoms with Crippen LogP contribution in [0.3, 0.4) is 0 Å². The number of nitriles is 1. The van der Waals surface area contributed by atoms with Crippen molar-refractivity contribution in [3.05, 3.63) is 58.6 Å². The minimum atomic E-state index is -3.22. The SMILES string of the molecule is C[C@@H]1CN(CC(CO)c2cc(Cl)cc(C#N)c2)C[C@H]1COc1ccc(S(C)(=O)=O)cc1. The summed E-state index contributed by atoms with van der Waals surface area (Å²) in [7, 11) is -3.22. The second kappa shape index (κ2) is 10.0. The van der Waals surface area contributed by atoms with Crippen molar-refractivity contribution in [3.63, 3.8) is 0 Å². The van der Waals surface area contributed by atoms with Crippen LogP contribution in [0.2, 0.25) is 5.02 Å². The van der Waals surface area contributed by atoms with Gasteiger partial charge in [0, 0.05) is 42.7 Å². The first-order valence-corrected chi connectivity index (χ1v) is 12.4. The normalized spacial score (nSPS) is 20.4. The Kier molecular flexibility index (Phi) is 7.60. The van der Waals surface area contributed by atoms with Gasteiger partial charge in [0.05, 0.1) is 29.7 Å². The largest absolute Gasteiger partial charge is 0.493 e. The molecule has 0 radical (unpaired) electrons. The van der Waals surface area contributed by atoms with Gasteiger partial charge in [-0.2, -0.15) is 5.26 Å². The van der Waals surface area contributed by atoms with E-state index in [-0.39, 0.29) is 17.4 Å². The van der Waals surface area contributed by atoms with Gasteiger partial charge in [-0.05, 0) is 53.9 Å². The maximum absolute atomic E-state index is 11.6. The summed E-state index contributed by atoms with van der Waals surface area (Å²) in [5, 5.41) is 19.6. The van der Waals surface area contributed by atoms with Crippen LogP contribution in [-0.2, 0) is 9.84 Å². The summed E-state index contributed by atoms with van der Waals surface area (Å²) in [6.07, 6.45) is 1.18. The molecule has 0 amide bonds. The number of aliphatic hydroxyl groups is 1. The van der Waals surface area contributed by atoms with Gasteiger partial charge in [0.25, 0.3) is 0 Å². The van der Waals surface area contributed by atoms with E-state index in [0.29, 0.717) is 41.3 Å². The molecule has 0 aromatic heterocycles. The average molecular weight is 463 g/mol. The molecule has 3 atom stereocenters. The lowest BCUT2D eigenvalue weighted by molar-refractivity contribution is 0.205. The van der Waals surface area contributed by atoms with Crippen LogP contribution >= 0.6 is 11.6 Å². The van der Waals surface area contributed by atoms with Gasteiger partial charge < -0.3 is 14.7 Å². The molecule has 0 saturated carbocycles. The number of hydrogen-bond acceptors (Lipinski definition) is 6. The third-order valence-corrected chi connectivity index (χ3v) is 7.13. The predicted octanol–water partition coefficient (Wildman–Crippen LogP) is 3.34. The molecule has 166 valence electrons. The molecular formula is C23H27ClN2O4S.